The third-order valence-electron chi connectivity index (χ3n) is 4.05. The highest BCUT2D eigenvalue weighted by Gasteiger charge is 2.42. The van der Waals surface area contributed by atoms with Crippen LogP contribution in [0.1, 0.15) is 32.1 Å². The smallest absolute Gasteiger partial charge is 0.331 e. The molecule has 2 rings (SSSR count). The van der Waals surface area contributed by atoms with Crippen molar-refractivity contribution < 1.29 is 29.3 Å². The Hall–Kier alpha value is 0.0300. The first kappa shape index (κ1) is 14.4. The number of hydrogen-bond acceptors (Lipinski definition) is 5. The molecule has 0 amide bonds. The molecule has 1 saturated carbocycles. The lowest BCUT2D eigenvalue weighted by Crippen LogP contribution is -2.47. The Labute approximate surface area is 106 Å². The van der Waals surface area contributed by atoms with Crippen molar-refractivity contribution >= 4 is 7.60 Å². The molecule has 2 aliphatic rings. The van der Waals surface area contributed by atoms with Gasteiger partial charge in [-0.15, -0.1) is 0 Å². The summed E-state index contributed by atoms with van der Waals surface area (Å²) in [5, 5.41) is 28.9. The molecule has 0 aromatic rings. The minimum absolute atomic E-state index is 0.254. The van der Waals surface area contributed by atoms with E-state index in [1.807, 2.05) is 0 Å². The summed E-state index contributed by atoms with van der Waals surface area (Å²) in [6.07, 6.45) is -0.429. The molecule has 1 aliphatic carbocycles. The first-order valence-corrected chi connectivity index (χ1v) is 8.07. The van der Waals surface area contributed by atoms with E-state index >= 15 is 0 Å². The monoisotopic (exact) mass is 280 g/mol. The first-order valence-electron chi connectivity index (χ1n) is 6.43. The molecule has 0 radical (unpaired) electrons. The Kier molecular flexibility index (Phi) is 4.47. The van der Waals surface area contributed by atoms with Crippen LogP contribution in [0, 0.1) is 5.92 Å². The molecule has 6 nitrogen and oxygen atoms in total. The summed E-state index contributed by atoms with van der Waals surface area (Å²) in [6, 6.07) is 0. The second kappa shape index (κ2) is 5.57. The summed E-state index contributed by atoms with van der Waals surface area (Å²) in [6.45, 7) is 0.304. The molecule has 0 spiro atoms. The van der Waals surface area contributed by atoms with E-state index in [-0.39, 0.29) is 5.92 Å². The van der Waals surface area contributed by atoms with E-state index < -0.39 is 31.6 Å². The fourth-order valence-electron chi connectivity index (χ4n) is 2.87. The van der Waals surface area contributed by atoms with Gasteiger partial charge in [-0.3, -0.25) is 4.57 Å². The predicted octanol–water partition coefficient (Wildman–Crippen LogP) is 0.234. The molecule has 6 atom stereocenters. The number of hydrogen-bond donors (Lipinski definition) is 4. The van der Waals surface area contributed by atoms with Gasteiger partial charge in [0.05, 0.1) is 24.5 Å². The van der Waals surface area contributed by atoms with Crippen LogP contribution in [-0.2, 0) is 9.09 Å². The van der Waals surface area contributed by atoms with Crippen LogP contribution in [-0.4, -0.2) is 50.8 Å². The van der Waals surface area contributed by atoms with E-state index in [1.54, 1.807) is 0 Å². The average Bonchev–Trinajstić information content (AvgIpc) is 2.32. The molecule has 4 N–H and O–H groups in total. The molecule has 0 bridgehead atoms. The van der Waals surface area contributed by atoms with E-state index in [0.29, 0.717) is 32.3 Å². The van der Waals surface area contributed by atoms with Gasteiger partial charge in [0.15, 0.2) is 0 Å². The van der Waals surface area contributed by atoms with Gasteiger partial charge in [-0.2, -0.15) is 0 Å². The first-order chi connectivity index (χ1) is 8.42. The van der Waals surface area contributed by atoms with Gasteiger partial charge >= 0.3 is 7.60 Å². The average molecular weight is 280 g/mol. The highest BCUT2D eigenvalue weighted by Crippen LogP contribution is 2.55. The zero-order chi connectivity index (χ0) is 13.3. The molecule has 1 aliphatic heterocycles. The van der Waals surface area contributed by atoms with Crippen molar-refractivity contribution in [3.63, 3.8) is 0 Å². The summed E-state index contributed by atoms with van der Waals surface area (Å²) < 4.78 is 16.8. The normalized spacial score (nSPS) is 50.1. The van der Waals surface area contributed by atoms with Crippen LogP contribution < -0.4 is 0 Å². The van der Waals surface area contributed by atoms with Crippen LogP contribution in [0.4, 0.5) is 0 Å². The maximum Gasteiger partial charge on any atom is 0.331 e. The Bertz CT molecular complexity index is 335. The molecule has 106 valence electrons. The second-order valence-electron chi connectivity index (χ2n) is 5.32. The van der Waals surface area contributed by atoms with Gasteiger partial charge in [0.25, 0.3) is 0 Å². The highest BCUT2D eigenvalue weighted by atomic mass is 31.2. The van der Waals surface area contributed by atoms with Crippen LogP contribution in [0.3, 0.4) is 0 Å². The third-order valence-corrected chi connectivity index (χ3v) is 6.00. The molecule has 0 aromatic carbocycles. The zero-order valence-corrected chi connectivity index (χ0v) is 11.1. The van der Waals surface area contributed by atoms with Gasteiger partial charge in [-0.05, 0) is 38.0 Å². The van der Waals surface area contributed by atoms with Crippen molar-refractivity contribution in [3.8, 4) is 0 Å². The van der Waals surface area contributed by atoms with Crippen molar-refractivity contribution in [2.75, 3.05) is 6.61 Å². The summed E-state index contributed by atoms with van der Waals surface area (Å²) in [4.78, 5) is 9.71. The topological polar surface area (TPSA) is 107 Å². The lowest BCUT2D eigenvalue weighted by atomic mass is 9.80. The van der Waals surface area contributed by atoms with E-state index in [1.165, 1.54) is 0 Å². The fourth-order valence-corrected chi connectivity index (χ4v) is 4.52. The lowest BCUT2D eigenvalue weighted by Gasteiger charge is -2.38. The fraction of sp³-hybridized carbons (Fsp3) is 1.00. The van der Waals surface area contributed by atoms with Crippen LogP contribution >= 0.6 is 7.60 Å². The molecule has 7 heteroatoms. The van der Waals surface area contributed by atoms with Crippen molar-refractivity contribution in [3.05, 3.63) is 0 Å². The largest absolute Gasteiger partial charge is 0.390 e. The van der Waals surface area contributed by atoms with Gasteiger partial charge in [0.1, 0.15) is 6.10 Å². The number of rotatable bonds is 2. The van der Waals surface area contributed by atoms with Gasteiger partial charge in [0.2, 0.25) is 0 Å². The summed E-state index contributed by atoms with van der Waals surface area (Å²) in [5.41, 5.74) is -0.464. The van der Waals surface area contributed by atoms with Crippen molar-refractivity contribution in [1.29, 1.82) is 0 Å². The minimum atomic E-state index is -3.58. The maximum atomic E-state index is 11.8. The summed E-state index contributed by atoms with van der Waals surface area (Å²) in [7, 11) is -3.58. The lowest BCUT2D eigenvalue weighted by molar-refractivity contribution is -0.111. The van der Waals surface area contributed by atoms with Gasteiger partial charge < -0.3 is 24.7 Å². The zero-order valence-electron chi connectivity index (χ0n) is 10.2. The number of aliphatic hydroxyl groups is 3. The van der Waals surface area contributed by atoms with Crippen LogP contribution in [0.15, 0.2) is 0 Å². The third kappa shape index (κ3) is 2.95. The summed E-state index contributed by atoms with van der Waals surface area (Å²) in [5.74, 6) is -0.254. The Morgan fingerprint density at radius 3 is 2.50 bits per heavy atom. The molecular weight excluding hydrogens is 259 g/mol. The standard InChI is InChI=1S/C11H21O6P/c12-9-4-3-7(10(13)11(9)14)6-8-2-1-5-17-18(8,15)16/h7-14H,1-6H2,(H,15,16)/t7-,8?,9-,10-,11-/m1/s1. The predicted molar refractivity (Wildman–Crippen MR) is 64.2 cm³/mol. The minimum Gasteiger partial charge on any atom is -0.390 e. The molecule has 1 saturated heterocycles. The molecule has 2 unspecified atom stereocenters. The Morgan fingerprint density at radius 1 is 1.11 bits per heavy atom. The molecule has 2 fully saturated rings. The summed E-state index contributed by atoms with van der Waals surface area (Å²) >= 11 is 0. The van der Waals surface area contributed by atoms with Gasteiger partial charge in [0, 0.05) is 0 Å². The van der Waals surface area contributed by atoms with E-state index in [4.69, 9.17) is 4.52 Å². The van der Waals surface area contributed by atoms with Crippen molar-refractivity contribution in [2.45, 2.75) is 56.1 Å². The Morgan fingerprint density at radius 2 is 1.83 bits per heavy atom. The van der Waals surface area contributed by atoms with Crippen molar-refractivity contribution in [2.24, 2.45) is 5.92 Å². The van der Waals surface area contributed by atoms with E-state index in [9.17, 15) is 24.8 Å². The SMILES string of the molecule is O=P1(O)OCCCC1C[C@H]1CC[C@@H](O)[C@@H](O)[C@@H]1O. The highest BCUT2D eigenvalue weighted by molar-refractivity contribution is 7.53. The molecular formula is C11H21O6P. The molecule has 0 aromatic heterocycles. The quantitative estimate of drug-likeness (QED) is 0.540. The van der Waals surface area contributed by atoms with Crippen molar-refractivity contribution in [1.82, 2.24) is 0 Å². The van der Waals surface area contributed by atoms with Crippen LogP contribution in [0.25, 0.3) is 0 Å². The Balaban J connectivity index is 1.98. The second-order valence-corrected chi connectivity index (χ2v) is 7.43. The van der Waals surface area contributed by atoms with E-state index in [2.05, 4.69) is 0 Å². The van der Waals surface area contributed by atoms with E-state index in [0.717, 1.165) is 6.42 Å². The van der Waals surface area contributed by atoms with Gasteiger partial charge in [-0.1, -0.05) is 0 Å². The number of aliphatic hydroxyl groups excluding tert-OH is 3. The van der Waals surface area contributed by atoms with Crippen LogP contribution in [0.2, 0.25) is 0 Å². The van der Waals surface area contributed by atoms with Gasteiger partial charge in [-0.25, -0.2) is 0 Å². The molecule has 1 heterocycles. The van der Waals surface area contributed by atoms with Crippen LogP contribution in [0.5, 0.6) is 0 Å². The molecule has 18 heavy (non-hydrogen) atoms. The maximum absolute atomic E-state index is 11.8.